The Kier molecular flexibility index (Phi) is 4.25. The van der Waals surface area contributed by atoms with Gasteiger partial charge >= 0.3 is 0 Å². The average Bonchev–Trinajstić information content (AvgIpc) is 3.13. The van der Waals surface area contributed by atoms with E-state index >= 15 is 0 Å². The van der Waals surface area contributed by atoms with Crippen LogP contribution in [0.15, 0.2) is 11.1 Å². The number of hydrogen-bond acceptors (Lipinski definition) is 4. The third kappa shape index (κ3) is 3.69. The van der Waals surface area contributed by atoms with Crippen LogP contribution in [0.2, 0.25) is 0 Å². The summed E-state index contributed by atoms with van der Waals surface area (Å²) in [5.74, 6) is 1.18. The molecule has 2 fully saturated rings. The molecule has 1 saturated heterocycles. The first-order valence-corrected chi connectivity index (χ1v) is 9.82. The van der Waals surface area contributed by atoms with Crippen molar-refractivity contribution in [3.63, 3.8) is 0 Å². The Bertz CT molecular complexity index is 649. The number of carbonyl (C=O) groups excluding carboxylic acids is 1. The van der Waals surface area contributed by atoms with Crippen molar-refractivity contribution >= 4 is 15.7 Å². The van der Waals surface area contributed by atoms with Crippen molar-refractivity contribution in [2.75, 3.05) is 19.3 Å². The Balaban J connectivity index is 1.63. The number of H-pyrrole nitrogens is 1. The maximum Gasteiger partial charge on any atom is 0.222 e. The fourth-order valence-electron chi connectivity index (χ4n) is 3.21. The summed E-state index contributed by atoms with van der Waals surface area (Å²) in [4.78, 5) is 14.5. The Hall–Kier alpha value is -1.37. The van der Waals surface area contributed by atoms with E-state index in [0.29, 0.717) is 30.4 Å². The molecule has 0 radical (unpaired) electrons. The zero-order valence-electron chi connectivity index (χ0n) is 12.9. The normalized spacial score (nSPS) is 22.8. The summed E-state index contributed by atoms with van der Waals surface area (Å²) in [7, 11) is -3.25. The van der Waals surface area contributed by atoms with E-state index in [9.17, 15) is 13.2 Å². The molecule has 22 heavy (non-hydrogen) atoms. The minimum atomic E-state index is -3.25. The first kappa shape index (κ1) is 15.5. The van der Waals surface area contributed by atoms with Gasteiger partial charge in [0.15, 0.2) is 9.84 Å². The zero-order chi connectivity index (χ0) is 15.7. The molecule has 1 atom stereocenters. The van der Waals surface area contributed by atoms with E-state index in [1.54, 1.807) is 0 Å². The summed E-state index contributed by atoms with van der Waals surface area (Å²) in [5, 5.41) is 6.68. The molecule has 1 aliphatic carbocycles. The maximum atomic E-state index is 12.2. The van der Waals surface area contributed by atoms with Gasteiger partial charge in [0.25, 0.3) is 0 Å². The van der Waals surface area contributed by atoms with E-state index < -0.39 is 9.84 Å². The molecule has 1 N–H and O–H groups in total. The smallest absolute Gasteiger partial charge is 0.222 e. The molecule has 122 valence electrons. The summed E-state index contributed by atoms with van der Waals surface area (Å²) in [6.45, 7) is 1.57. The van der Waals surface area contributed by atoms with Crippen molar-refractivity contribution in [3.8, 4) is 0 Å². The fourth-order valence-corrected chi connectivity index (χ4v) is 4.03. The monoisotopic (exact) mass is 325 g/mol. The Morgan fingerprint density at radius 3 is 2.82 bits per heavy atom. The van der Waals surface area contributed by atoms with Gasteiger partial charge < -0.3 is 4.90 Å². The fraction of sp³-hybridized carbons (Fsp3) is 0.733. The summed E-state index contributed by atoms with van der Waals surface area (Å²) < 4.78 is 23.5. The van der Waals surface area contributed by atoms with Crippen molar-refractivity contribution in [2.45, 2.75) is 43.4 Å². The van der Waals surface area contributed by atoms with Gasteiger partial charge in [-0.15, -0.1) is 0 Å². The molecule has 1 amide bonds. The number of nitrogens with one attached hydrogen (secondary N) is 1. The quantitative estimate of drug-likeness (QED) is 0.887. The van der Waals surface area contributed by atoms with Crippen molar-refractivity contribution in [1.82, 2.24) is 15.1 Å². The van der Waals surface area contributed by atoms with Crippen LogP contribution in [0, 0.1) is 11.8 Å². The molecule has 1 aromatic rings. The van der Waals surface area contributed by atoms with Crippen LogP contribution in [0.4, 0.5) is 0 Å². The third-order valence-electron chi connectivity index (χ3n) is 4.60. The molecule has 2 aliphatic rings. The molecule has 1 aromatic heterocycles. The van der Waals surface area contributed by atoms with Crippen LogP contribution in [0.1, 0.15) is 37.8 Å². The summed E-state index contributed by atoms with van der Waals surface area (Å²) in [5.41, 5.74) is 0.670. The lowest BCUT2D eigenvalue weighted by molar-refractivity contribution is -0.133. The van der Waals surface area contributed by atoms with Gasteiger partial charge in [0.2, 0.25) is 5.91 Å². The minimum Gasteiger partial charge on any atom is -0.342 e. The van der Waals surface area contributed by atoms with E-state index in [1.165, 1.54) is 25.3 Å². The van der Waals surface area contributed by atoms with Gasteiger partial charge in [-0.3, -0.25) is 9.89 Å². The lowest BCUT2D eigenvalue weighted by Crippen LogP contribution is -2.40. The number of nitrogens with zero attached hydrogens (tertiary/aromatic N) is 2. The second-order valence-electron chi connectivity index (χ2n) is 6.68. The number of hydrogen-bond donors (Lipinski definition) is 1. The first-order valence-electron chi connectivity index (χ1n) is 7.93. The van der Waals surface area contributed by atoms with Crippen molar-refractivity contribution in [2.24, 2.45) is 11.8 Å². The number of carbonyl (C=O) groups is 1. The van der Waals surface area contributed by atoms with Gasteiger partial charge in [-0.1, -0.05) is 0 Å². The number of sulfone groups is 1. The van der Waals surface area contributed by atoms with E-state index in [1.807, 2.05) is 4.90 Å². The summed E-state index contributed by atoms with van der Waals surface area (Å²) in [6, 6.07) is 0. The van der Waals surface area contributed by atoms with E-state index in [0.717, 1.165) is 25.9 Å². The highest BCUT2D eigenvalue weighted by Gasteiger charge is 2.30. The third-order valence-corrected chi connectivity index (χ3v) is 5.75. The van der Waals surface area contributed by atoms with E-state index in [-0.39, 0.29) is 10.8 Å². The van der Waals surface area contributed by atoms with Gasteiger partial charge in [0.1, 0.15) is 4.90 Å². The van der Waals surface area contributed by atoms with Crippen LogP contribution < -0.4 is 0 Å². The standard InChI is InChI=1S/C15H23N3O3S/c1-22(20,21)14-9-16-17-13(14)7-12-3-2-6-18(10-12)15(19)8-11-4-5-11/h9,11-12H,2-8,10H2,1H3,(H,16,17). The molecule has 3 rings (SSSR count). The number of rotatable bonds is 5. The Labute approximate surface area is 131 Å². The molecule has 7 heteroatoms. The molecule has 1 saturated carbocycles. The lowest BCUT2D eigenvalue weighted by Gasteiger charge is -2.33. The largest absolute Gasteiger partial charge is 0.342 e. The van der Waals surface area contributed by atoms with Gasteiger partial charge in [0, 0.05) is 25.8 Å². The molecule has 0 aromatic carbocycles. The SMILES string of the molecule is CS(=O)(=O)c1cn[nH]c1CC1CCCN(C(=O)CC2CC2)C1. The number of aromatic nitrogens is 2. The van der Waals surface area contributed by atoms with Crippen LogP contribution >= 0.6 is 0 Å². The number of amides is 1. The summed E-state index contributed by atoms with van der Waals surface area (Å²) >= 11 is 0. The van der Waals surface area contributed by atoms with Crippen molar-refractivity contribution in [3.05, 3.63) is 11.9 Å². The number of piperidine rings is 1. The minimum absolute atomic E-state index is 0.264. The van der Waals surface area contributed by atoms with Crippen molar-refractivity contribution in [1.29, 1.82) is 0 Å². The van der Waals surface area contributed by atoms with Gasteiger partial charge in [-0.05, 0) is 43.9 Å². The van der Waals surface area contributed by atoms with Crippen LogP contribution in [0.25, 0.3) is 0 Å². The first-order chi connectivity index (χ1) is 10.4. The van der Waals surface area contributed by atoms with Gasteiger partial charge in [-0.25, -0.2) is 8.42 Å². The van der Waals surface area contributed by atoms with Crippen molar-refractivity contribution < 1.29 is 13.2 Å². The van der Waals surface area contributed by atoms with Gasteiger partial charge in [-0.2, -0.15) is 5.10 Å². The molecular weight excluding hydrogens is 302 g/mol. The predicted octanol–water partition coefficient (Wildman–Crippen LogP) is 1.39. The second-order valence-corrected chi connectivity index (χ2v) is 8.67. The highest BCUT2D eigenvalue weighted by Crippen LogP contribution is 2.33. The molecule has 0 spiro atoms. The number of aromatic amines is 1. The number of likely N-dealkylation sites (tertiary alicyclic amines) is 1. The molecule has 1 unspecified atom stereocenters. The van der Waals surface area contributed by atoms with Crippen LogP contribution in [0.3, 0.4) is 0 Å². The maximum absolute atomic E-state index is 12.2. The summed E-state index contributed by atoms with van der Waals surface area (Å²) in [6.07, 6.45) is 8.29. The highest BCUT2D eigenvalue weighted by molar-refractivity contribution is 7.90. The molecule has 6 nitrogen and oxygen atoms in total. The average molecular weight is 325 g/mol. The molecule has 1 aliphatic heterocycles. The van der Waals surface area contributed by atoms with E-state index in [4.69, 9.17) is 0 Å². The lowest BCUT2D eigenvalue weighted by atomic mass is 9.93. The van der Waals surface area contributed by atoms with Gasteiger partial charge in [0.05, 0.1) is 11.9 Å². The second kappa shape index (κ2) is 6.02. The van der Waals surface area contributed by atoms with Crippen LogP contribution in [-0.4, -0.2) is 48.8 Å². The zero-order valence-corrected chi connectivity index (χ0v) is 13.7. The Morgan fingerprint density at radius 2 is 2.14 bits per heavy atom. The van der Waals surface area contributed by atoms with Crippen LogP contribution in [0.5, 0.6) is 0 Å². The Morgan fingerprint density at radius 1 is 1.36 bits per heavy atom. The molecule has 2 heterocycles. The van der Waals surface area contributed by atoms with Crippen LogP contribution in [-0.2, 0) is 21.1 Å². The highest BCUT2D eigenvalue weighted by atomic mass is 32.2. The predicted molar refractivity (Wildman–Crippen MR) is 82.0 cm³/mol. The topological polar surface area (TPSA) is 83.1 Å². The van der Waals surface area contributed by atoms with E-state index in [2.05, 4.69) is 10.2 Å². The molecule has 0 bridgehead atoms. The molecular formula is C15H23N3O3S.